The first-order chi connectivity index (χ1) is 9.85. The highest BCUT2D eigenvalue weighted by molar-refractivity contribution is 5.76. The molecule has 0 fully saturated rings. The molecule has 0 heterocycles. The number of hydrogen-bond acceptors (Lipinski definition) is 3. The Kier molecular flexibility index (Phi) is 6.02. The van der Waals surface area contributed by atoms with E-state index in [-0.39, 0.29) is 6.03 Å². The number of benzene rings is 1. The van der Waals surface area contributed by atoms with Gasteiger partial charge < -0.3 is 20.1 Å². The summed E-state index contributed by atoms with van der Waals surface area (Å²) in [6.07, 6.45) is 0. The van der Waals surface area contributed by atoms with Gasteiger partial charge in [0, 0.05) is 19.6 Å². The van der Waals surface area contributed by atoms with E-state index < -0.39 is 17.9 Å². The first-order valence-electron chi connectivity index (χ1n) is 6.72. The molecular formula is C15H22N2O4. The van der Waals surface area contributed by atoms with Crippen LogP contribution in [0.1, 0.15) is 19.4 Å². The van der Waals surface area contributed by atoms with Crippen LogP contribution in [0.3, 0.4) is 0 Å². The Morgan fingerprint density at radius 2 is 1.86 bits per heavy atom. The van der Waals surface area contributed by atoms with Crippen LogP contribution in [0.15, 0.2) is 24.3 Å². The molecule has 0 aliphatic carbocycles. The van der Waals surface area contributed by atoms with Gasteiger partial charge in [-0.25, -0.2) is 4.79 Å². The smallest absolute Gasteiger partial charge is 0.317 e. The largest absolute Gasteiger partial charge is 0.497 e. The average molecular weight is 294 g/mol. The van der Waals surface area contributed by atoms with Gasteiger partial charge in [0.2, 0.25) is 0 Å². The van der Waals surface area contributed by atoms with Gasteiger partial charge in [-0.05, 0) is 31.5 Å². The Morgan fingerprint density at radius 1 is 1.29 bits per heavy atom. The molecule has 2 unspecified atom stereocenters. The van der Waals surface area contributed by atoms with Crippen molar-refractivity contribution in [3.63, 3.8) is 0 Å². The van der Waals surface area contributed by atoms with Crippen LogP contribution in [0.25, 0.3) is 0 Å². The summed E-state index contributed by atoms with van der Waals surface area (Å²) in [6, 6.07) is 6.68. The van der Waals surface area contributed by atoms with Gasteiger partial charge >= 0.3 is 12.0 Å². The Morgan fingerprint density at radius 3 is 2.33 bits per heavy atom. The van der Waals surface area contributed by atoms with Crippen molar-refractivity contribution in [2.45, 2.75) is 26.4 Å². The van der Waals surface area contributed by atoms with E-state index in [1.165, 1.54) is 4.90 Å². The number of nitrogens with zero attached hydrogens (tertiary/aromatic N) is 1. The first-order valence-corrected chi connectivity index (χ1v) is 6.72. The summed E-state index contributed by atoms with van der Waals surface area (Å²) < 4.78 is 5.07. The number of carbonyl (C=O) groups is 2. The summed E-state index contributed by atoms with van der Waals surface area (Å²) in [4.78, 5) is 24.4. The van der Waals surface area contributed by atoms with E-state index in [0.717, 1.165) is 11.3 Å². The lowest BCUT2D eigenvalue weighted by atomic mass is 10.0. The number of urea groups is 1. The van der Waals surface area contributed by atoms with Crippen LogP contribution in [0.5, 0.6) is 5.75 Å². The third-order valence-electron chi connectivity index (χ3n) is 3.42. The van der Waals surface area contributed by atoms with E-state index in [9.17, 15) is 9.59 Å². The van der Waals surface area contributed by atoms with Crippen molar-refractivity contribution in [1.29, 1.82) is 0 Å². The number of amides is 2. The highest BCUT2D eigenvalue weighted by Gasteiger charge is 2.22. The van der Waals surface area contributed by atoms with Gasteiger partial charge in [-0.15, -0.1) is 0 Å². The van der Waals surface area contributed by atoms with Crippen LogP contribution in [0, 0.1) is 5.92 Å². The molecule has 1 rings (SSSR count). The third kappa shape index (κ3) is 4.98. The number of nitrogens with one attached hydrogen (secondary N) is 1. The Balaban J connectivity index is 2.55. The maximum absolute atomic E-state index is 12.0. The molecule has 6 heteroatoms. The lowest BCUT2D eigenvalue weighted by molar-refractivity contribution is -0.141. The number of rotatable bonds is 6. The molecule has 1 aromatic carbocycles. The maximum Gasteiger partial charge on any atom is 0.317 e. The second-order valence-corrected chi connectivity index (χ2v) is 5.07. The lowest BCUT2D eigenvalue weighted by Crippen LogP contribution is -2.45. The van der Waals surface area contributed by atoms with Gasteiger partial charge in [0.1, 0.15) is 5.75 Å². The number of aliphatic carboxylic acids is 1. The maximum atomic E-state index is 12.0. The van der Waals surface area contributed by atoms with Gasteiger partial charge in [0.15, 0.2) is 0 Å². The zero-order chi connectivity index (χ0) is 16.0. The van der Waals surface area contributed by atoms with E-state index in [2.05, 4.69) is 5.32 Å². The molecule has 1 aromatic rings. The van der Waals surface area contributed by atoms with Crippen molar-refractivity contribution in [1.82, 2.24) is 10.2 Å². The minimum atomic E-state index is -0.930. The van der Waals surface area contributed by atoms with E-state index in [4.69, 9.17) is 9.84 Å². The summed E-state index contributed by atoms with van der Waals surface area (Å²) in [5.41, 5.74) is 0.965. The minimum absolute atomic E-state index is 0.300. The predicted octanol–water partition coefficient (Wildman–Crippen LogP) is 1.95. The average Bonchev–Trinajstić information content (AvgIpc) is 2.46. The van der Waals surface area contributed by atoms with E-state index in [1.54, 1.807) is 28.0 Å². The SMILES string of the molecule is COc1ccc(CN(C)C(=O)NC(C)C(C)C(=O)O)cc1. The molecule has 0 bridgehead atoms. The van der Waals surface area contributed by atoms with Gasteiger partial charge in [-0.2, -0.15) is 0 Å². The van der Waals surface area contributed by atoms with Crippen LogP contribution < -0.4 is 10.1 Å². The van der Waals surface area contributed by atoms with Gasteiger partial charge in [0.25, 0.3) is 0 Å². The predicted molar refractivity (Wildman–Crippen MR) is 79.3 cm³/mol. The van der Waals surface area contributed by atoms with Crippen molar-refractivity contribution in [3.05, 3.63) is 29.8 Å². The fourth-order valence-electron chi connectivity index (χ4n) is 1.72. The molecule has 6 nitrogen and oxygen atoms in total. The molecule has 0 spiro atoms. The second-order valence-electron chi connectivity index (χ2n) is 5.07. The van der Waals surface area contributed by atoms with Crippen LogP contribution in [-0.2, 0) is 11.3 Å². The number of carbonyl (C=O) groups excluding carboxylic acids is 1. The molecule has 0 aromatic heterocycles. The number of methoxy groups -OCH3 is 1. The Labute approximate surface area is 124 Å². The normalized spacial score (nSPS) is 13.1. The zero-order valence-electron chi connectivity index (χ0n) is 12.8. The molecule has 0 saturated heterocycles. The fourth-order valence-corrected chi connectivity index (χ4v) is 1.72. The summed E-state index contributed by atoms with van der Waals surface area (Å²) in [7, 11) is 3.26. The third-order valence-corrected chi connectivity index (χ3v) is 3.42. The topological polar surface area (TPSA) is 78.9 Å². The molecule has 0 aliphatic heterocycles. The van der Waals surface area contributed by atoms with E-state index in [0.29, 0.717) is 6.54 Å². The number of hydrogen-bond donors (Lipinski definition) is 2. The van der Waals surface area contributed by atoms with Crippen LogP contribution >= 0.6 is 0 Å². The standard InChI is InChI=1S/C15H22N2O4/c1-10(14(18)19)11(2)16-15(20)17(3)9-12-5-7-13(21-4)8-6-12/h5-8,10-11H,9H2,1-4H3,(H,16,20)(H,18,19). The Bertz CT molecular complexity index is 487. The van der Waals surface area contributed by atoms with Crippen LogP contribution in [-0.4, -0.2) is 42.2 Å². The van der Waals surface area contributed by atoms with E-state index in [1.807, 2.05) is 24.3 Å². The van der Waals surface area contributed by atoms with Crippen molar-refractivity contribution >= 4 is 12.0 Å². The minimum Gasteiger partial charge on any atom is -0.497 e. The molecule has 0 saturated carbocycles. The Hall–Kier alpha value is -2.24. The van der Waals surface area contributed by atoms with Crippen molar-refractivity contribution in [2.24, 2.45) is 5.92 Å². The second kappa shape index (κ2) is 7.52. The van der Waals surface area contributed by atoms with Crippen molar-refractivity contribution in [2.75, 3.05) is 14.2 Å². The number of carboxylic acid groups (broad SMARTS) is 1. The fraction of sp³-hybridized carbons (Fsp3) is 0.467. The summed E-state index contributed by atoms with van der Waals surface area (Å²) in [5, 5.41) is 11.6. The van der Waals surface area contributed by atoms with Crippen LogP contribution in [0.4, 0.5) is 4.79 Å². The summed E-state index contributed by atoms with van der Waals surface area (Å²) in [6.45, 7) is 3.68. The first kappa shape index (κ1) is 16.8. The molecular weight excluding hydrogens is 272 g/mol. The molecule has 21 heavy (non-hydrogen) atoms. The summed E-state index contributed by atoms with van der Waals surface area (Å²) >= 11 is 0. The van der Waals surface area contributed by atoms with Gasteiger partial charge in [-0.3, -0.25) is 4.79 Å². The highest BCUT2D eigenvalue weighted by Crippen LogP contribution is 2.12. The lowest BCUT2D eigenvalue weighted by Gasteiger charge is -2.23. The highest BCUT2D eigenvalue weighted by atomic mass is 16.5. The molecule has 0 radical (unpaired) electrons. The molecule has 116 valence electrons. The molecule has 2 N–H and O–H groups in total. The van der Waals surface area contributed by atoms with Crippen LogP contribution in [0.2, 0.25) is 0 Å². The zero-order valence-corrected chi connectivity index (χ0v) is 12.8. The van der Waals surface area contributed by atoms with Gasteiger partial charge in [-0.1, -0.05) is 12.1 Å². The molecule has 0 aliphatic rings. The van der Waals surface area contributed by atoms with Gasteiger partial charge in [0.05, 0.1) is 13.0 Å². The molecule has 2 atom stereocenters. The van der Waals surface area contributed by atoms with Crippen molar-refractivity contribution in [3.8, 4) is 5.75 Å². The summed E-state index contributed by atoms with van der Waals surface area (Å²) in [5.74, 6) is -0.807. The molecule has 2 amide bonds. The van der Waals surface area contributed by atoms with Crippen molar-refractivity contribution < 1.29 is 19.4 Å². The number of ether oxygens (including phenoxy) is 1. The monoisotopic (exact) mass is 294 g/mol. The van der Waals surface area contributed by atoms with E-state index >= 15 is 0 Å². The number of carboxylic acids is 1. The quantitative estimate of drug-likeness (QED) is 0.840.